The maximum Gasteiger partial charge on any atom is 0.341 e. The van der Waals surface area contributed by atoms with Gasteiger partial charge in [0.15, 0.2) is 11.2 Å². The summed E-state index contributed by atoms with van der Waals surface area (Å²) in [5, 5.41) is 12.4. The molecule has 150 valence electrons. The first-order chi connectivity index (χ1) is 13.8. The van der Waals surface area contributed by atoms with Crippen LogP contribution < -0.4 is 21.2 Å². The first-order valence-corrected chi connectivity index (χ1v) is 8.97. The normalized spacial score (nSPS) is 19.5. The standard InChI is InChI=1S/C19H15ClN2O7/c1-2-27-17(25)13-16(21)29-14-12(24)6-9(7-23)28-15(14)19(13)10-5-8(20)3-4-11(10)22-18(19)26/h3-6,23H,2,7,21H2,1H3,(H,22,26). The third kappa shape index (κ3) is 2.55. The van der Waals surface area contributed by atoms with Gasteiger partial charge in [0.25, 0.3) is 0 Å². The topological polar surface area (TPSA) is 141 Å². The molecule has 1 unspecified atom stereocenters. The number of nitrogens with one attached hydrogen (secondary N) is 1. The molecule has 1 aromatic carbocycles. The lowest BCUT2D eigenvalue weighted by Gasteiger charge is -2.33. The zero-order chi connectivity index (χ0) is 20.9. The predicted molar refractivity (Wildman–Crippen MR) is 100 cm³/mol. The van der Waals surface area contributed by atoms with Crippen LogP contribution in [-0.4, -0.2) is 23.6 Å². The van der Waals surface area contributed by atoms with Crippen LogP contribution in [0.25, 0.3) is 0 Å². The Bertz CT molecular complexity index is 1150. The lowest BCUT2D eigenvalue weighted by atomic mass is 9.71. The highest BCUT2D eigenvalue weighted by Gasteiger charge is 2.61. The summed E-state index contributed by atoms with van der Waals surface area (Å²) in [4.78, 5) is 38.7. The fourth-order valence-corrected chi connectivity index (χ4v) is 3.79. The van der Waals surface area contributed by atoms with Crippen LogP contribution >= 0.6 is 11.6 Å². The number of esters is 1. The minimum absolute atomic E-state index is 0.00318. The molecule has 4 rings (SSSR count). The molecule has 0 radical (unpaired) electrons. The highest BCUT2D eigenvalue weighted by Crippen LogP contribution is 2.53. The van der Waals surface area contributed by atoms with Gasteiger partial charge in [0.1, 0.15) is 17.9 Å². The number of ether oxygens (including phenoxy) is 2. The van der Waals surface area contributed by atoms with Crippen molar-refractivity contribution in [3.63, 3.8) is 0 Å². The molecule has 9 nitrogen and oxygen atoms in total. The van der Waals surface area contributed by atoms with Crippen LogP contribution in [0.3, 0.4) is 0 Å². The monoisotopic (exact) mass is 418 g/mol. The fraction of sp³-hybridized carbons (Fsp3) is 0.211. The molecule has 1 spiro atoms. The number of aliphatic hydroxyl groups is 1. The average Bonchev–Trinajstić information content (AvgIpc) is 2.95. The van der Waals surface area contributed by atoms with E-state index in [4.69, 9.17) is 31.2 Å². The van der Waals surface area contributed by atoms with Crippen molar-refractivity contribution in [1.82, 2.24) is 0 Å². The van der Waals surface area contributed by atoms with Crippen LogP contribution in [0.4, 0.5) is 5.69 Å². The van der Waals surface area contributed by atoms with E-state index >= 15 is 0 Å². The third-order valence-electron chi connectivity index (χ3n) is 4.74. The van der Waals surface area contributed by atoms with E-state index in [1.165, 1.54) is 6.07 Å². The minimum Gasteiger partial charge on any atom is -0.462 e. The van der Waals surface area contributed by atoms with E-state index in [0.29, 0.717) is 5.69 Å². The predicted octanol–water partition coefficient (Wildman–Crippen LogP) is 1.15. The number of hydrogen-bond acceptors (Lipinski definition) is 8. The molecule has 3 heterocycles. The Morgan fingerprint density at radius 3 is 2.79 bits per heavy atom. The van der Waals surface area contributed by atoms with Gasteiger partial charge in [0.2, 0.25) is 23.0 Å². The number of halogens is 1. The molecular weight excluding hydrogens is 404 g/mol. The van der Waals surface area contributed by atoms with Gasteiger partial charge in [0.05, 0.1) is 6.61 Å². The largest absolute Gasteiger partial charge is 0.462 e. The number of aliphatic hydroxyl groups excluding tert-OH is 1. The lowest BCUT2D eigenvalue weighted by molar-refractivity contribution is -0.141. The van der Waals surface area contributed by atoms with Crippen LogP contribution in [0.15, 0.2) is 44.9 Å². The number of carbonyl (C=O) groups excluding carboxylic acids is 2. The van der Waals surface area contributed by atoms with E-state index in [-0.39, 0.29) is 40.0 Å². The van der Waals surface area contributed by atoms with E-state index in [2.05, 4.69) is 5.32 Å². The number of benzene rings is 1. The summed E-state index contributed by atoms with van der Waals surface area (Å²) >= 11 is 6.15. The minimum atomic E-state index is -1.98. The summed E-state index contributed by atoms with van der Waals surface area (Å²) in [5.41, 5.74) is 3.58. The summed E-state index contributed by atoms with van der Waals surface area (Å²) in [6, 6.07) is 5.58. The molecule has 0 saturated carbocycles. The fourth-order valence-electron chi connectivity index (χ4n) is 3.62. The van der Waals surface area contributed by atoms with Gasteiger partial charge in [-0.1, -0.05) is 11.6 Å². The number of hydrogen-bond donors (Lipinski definition) is 3. The van der Waals surface area contributed by atoms with Crippen molar-refractivity contribution in [2.75, 3.05) is 11.9 Å². The van der Waals surface area contributed by atoms with Gasteiger partial charge in [-0.3, -0.25) is 9.59 Å². The van der Waals surface area contributed by atoms with Crippen LogP contribution in [0.5, 0.6) is 5.75 Å². The molecule has 0 saturated heterocycles. The second-order valence-corrected chi connectivity index (χ2v) is 6.79. The van der Waals surface area contributed by atoms with Gasteiger partial charge in [-0.2, -0.15) is 0 Å². The highest BCUT2D eigenvalue weighted by molar-refractivity contribution is 6.31. The van der Waals surface area contributed by atoms with Crippen molar-refractivity contribution in [3.8, 4) is 5.75 Å². The van der Waals surface area contributed by atoms with Gasteiger partial charge in [-0.25, -0.2) is 4.79 Å². The van der Waals surface area contributed by atoms with E-state index < -0.39 is 35.2 Å². The van der Waals surface area contributed by atoms with Crippen molar-refractivity contribution >= 4 is 29.2 Å². The molecule has 1 amide bonds. The van der Waals surface area contributed by atoms with Crippen LogP contribution in [0, 0.1) is 0 Å². The van der Waals surface area contributed by atoms with Crippen molar-refractivity contribution in [1.29, 1.82) is 0 Å². The zero-order valence-electron chi connectivity index (χ0n) is 15.1. The number of carbonyl (C=O) groups is 2. The summed E-state index contributed by atoms with van der Waals surface area (Å²) in [7, 11) is 0. The van der Waals surface area contributed by atoms with Crippen molar-refractivity contribution in [2.24, 2.45) is 5.73 Å². The van der Waals surface area contributed by atoms with E-state index in [0.717, 1.165) is 6.07 Å². The Kier molecular flexibility index (Phi) is 4.36. The van der Waals surface area contributed by atoms with Crippen LogP contribution in [0.1, 0.15) is 24.0 Å². The molecule has 0 bridgehead atoms. The van der Waals surface area contributed by atoms with Gasteiger partial charge in [-0.05, 0) is 25.1 Å². The second kappa shape index (κ2) is 6.64. The van der Waals surface area contributed by atoms with Crippen molar-refractivity contribution in [3.05, 3.63) is 68.1 Å². The molecule has 1 aromatic heterocycles. The summed E-state index contributed by atoms with van der Waals surface area (Å²) in [5.74, 6) is -2.87. The Balaban J connectivity index is 2.16. The van der Waals surface area contributed by atoms with Gasteiger partial charge >= 0.3 is 5.97 Å². The Labute approximate surface area is 168 Å². The van der Waals surface area contributed by atoms with Gasteiger partial charge in [0, 0.05) is 22.3 Å². The lowest BCUT2D eigenvalue weighted by Crippen LogP contribution is -2.47. The average molecular weight is 419 g/mol. The number of fused-ring (bicyclic) bond motifs is 4. The van der Waals surface area contributed by atoms with Crippen molar-refractivity contribution in [2.45, 2.75) is 18.9 Å². The van der Waals surface area contributed by atoms with Crippen LogP contribution in [-0.2, 0) is 26.3 Å². The first kappa shape index (κ1) is 19.0. The summed E-state index contributed by atoms with van der Waals surface area (Å²) in [6.07, 6.45) is 0. The Morgan fingerprint density at radius 2 is 2.10 bits per heavy atom. The summed E-state index contributed by atoms with van der Waals surface area (Å²) in [6.45, 7) is 0.974. The zero-order valence-corrected chi connectivity index (χ0v) is 15.8. The highest BCUT2D eigenvalue weighted by atomic mass is 35.5. The molecule has 1 atom stereocenters. The number of amides is 1. The Hall–Kier alpha value is -3.30. The first-order valence-electron chi connectivity index (χ1n) is 8.59. The molecule has 2 aliphatic heterocycles. The maximum atomic E-state index is 13.3. The SMILES string of the molecule is CCOC(=O)C1=C(N)Oc2c(oc(CO)cc2=O)C12C(=O)Nc1ccc(Cl)cc12. The van der Waals surface area contributed by atoms with Gasteiger partial charge < -0.3 is 30.0 Å². The third-order valence-corrected chi connectivity index (χ3v) is 4.97. The molecule has 2 aromatic rings. The molecule has 10 heteroatoms. The second-order valence-electron chi connectivity index (χ2n) is 6.35. The molecule has 2 aliphatic rings. The maximum absolute atomic E-state index is 13.3. The van der Waals surface area contributed by atoms with E-state index in [1.807, 2.05) is 0 Å². The van der Waals surface area contributed by atoms with Crippen molar-refractivity contribution < 1.29 is 28.6 Å². The van der Waals surface area contributed by atoms with E-state index in [1.54, 1.807) is 19.1 Å². The molecule has 29 heavy (non-hydrogen) atoms. The van der Waals surface area contributed by atoms with E-state index in [9.17, 15) is 19.5 Å². The Morgan fingerprint density at radius 1 is 1.34 bits per heavy atom. The number of rotatable bonds is 3. The molecule has 0 fully saturated rings. The quantitative estimate of drug-likeness (QED) is 0.630. The number of nitrogens with two attached hydrogens (primary N) is 1. The molecular formula is C19H15ClN2O7. The smallest absolute Gasteiger partial charge is 0.341 e. The van der Waals surface area contributed by atoms with Crippen LogP contribution in [0.2, 0.25) is 5.02 Å². The summed E-state index contributed by atoms with van der Waals surface area (Å²) < 4.78 is 16.1. The molecule has 0 aliphatic carbocycles. The van der Waals surface area contributed by atoms with Gasteiger partial charge in [-0.15, -0.1) is 0 Å². The molecule has 4 N–H and O–H groups in total. The number of anilines is 1.